The predicted octanol–water partition coefficient (Wildman–Crippen LogP) is 2.06. The molecule has 2 aliphatic heterocycles. The molecule has 2 atom stereocenters. The molecule has 1 aromatic heterocycles. The average Bonchev–Trinajstić information content (AvgIpc) is 3.40. The van der Waals surface area contributed by atoms with Crippen molar-refractivity contribution in [2.75, 3.05) is 25.0 Å². The lowest BCUT2D eigenvalue weighted by Crippen LogP contribution is -2.55. The summed E-state index contributed by atoms with van der Waals surface area (Å²) in [6.07, 6.45) is -6.97. The Balaban J connectivity index is 1.54. The Morgan fingerprint density at radius 3 is 2.51 bits per heavy atom. The zero-order valence-electron chi connectivity index (χ0n) is 21.3. The fourth-order valence-electron chi connectivity index (χ4n) is 4.46. The molecule has 0 saturated carbocycles. The molecule has 1 fully saturated rings. The van der Waals surface area contributed by atoms with Crippen molar-refractivity contribution in [1.82, 2.24) is 19.5 Å². The minimum absolute atomic E-state index is 0.0794. The largest absolute Gasteiger partial charge is 0.488 e. The van der Waals surface area contributed by atoms with Gasteiger partial charge in [-0.15, -0.1) is 0 Å². The fraction of sp³-hybridized carbons (Fsp3) is 0.435. The molecule has 18 heteroatoms. The Hall–Kier alpha value is -3.80. The zero-order chi connectivity index (χ0) is 30.5. The summed E-state index contributed by atoms with van der Waals surface area (Å²) in [4.78, 5) is 38.1. The number of hydrogen-bond donors (Lipinski definition) is 3. The van der Waals surface area contributed by atoms with Gasteiger partial charge in [-0.2, -0.15) is 17.9 Å². The Kier molecular flexibility index (Phi) is 7.76. The monoisotopic (exact) mass is 611 g/mol. The normalized spacial score (nSPS) is 20.8. The van der Waals surface area contributed by atoms with E-state index in [4.69, 9.17) is 4.74 Å². The first-order valence-electron chi connectivity index (χ1n) is 11.9. The van der Waals surface area contributed by atoms with E-state index >= 15 is 0 Å². The number of nitrogens with one attached hydrogen (secondary N) is 3. The molecule has 1 spiro atoms. The minimum atomic E-state index is -4.79. The van der Waals surface area contributed by atoms with Gasteiger partial charge in [-0.1, -0.05) is 0 Å². The summed E-state index contributed by atoms with van der Waals surface area (Å²) < 4.78 is 114. The third-order valence-electron chi connectivity index (χ3n) is 6.61. The summed E-state index contributed by atoms with van der Waals surface area (Å²) >= 11 is 0. The molecule has 3 heterocycles. The molecule has 0 bridgehead atoms. The van der Waals surface area contributed by atoms with E-state index in [9.17, 15) is 49.1 Å². The zero-order valence-corrected chi connectivity index (χ0v) is 22.1. The second-order valence-electron chi connectivity index (χ2n) is 9.66. The Morgan fingerprint density at radius 2 is 1.88 bits per heavy atom. The molecule has 1 saturated heterocycles. The Labute approximate surface area is 228 Å². The third-order valence-corrected chi connectivity index (χ3v) is 8.19. The van der Waals surface area contributed by atoms with E-state index in [1.54, 1.807) is 5.32 Å². The summed E-state index contributed by atoms with van der Waals surface area (Å²) in [7, 11) is -3.10. The van der Waals surface area contributed by atoms with E-state index in [0.717, 1.165) is 33.9 Å². The number of carbonyl (C=O) groups is 3. The summed E-state index contributed by atoms with van der Waals surface area (Å²) in [5, 5.41) is 3.85. The summed E-state index contributed by atoms with van der Waals surface area (Å²) in [6.45, 7) is -0.410. The molecule has 3 amide bonds. The van der Waals surface area contributed by atoms with Gasteiger partial charge in [-0.25, -0.2) is 21.6 Å². The van der Waals surface area contributed by atoms with Crippen molar-refractivity contribution in [3.05, 3.63) is 41.5 Å². The van der Waals surface area contributed by atoms with Gasteiger partial charge in [0.15, 0.2) is 11.4 Å². The number of sulfonamides is 1. The number of fused-ring (bicyclic) bond motifs is 1. The molecule has 11 nitrogen and oxygen atoms in total. The fourth-order valence-corrected chi connectivity index (χ4v) is 6.06. The first kappa shape index (κ1) is 30.2. The van der Waals surface area contributed by atoms with Gasteiger partial charge >= 0.3 is 18.0 Å². The Morgan fingerprint density at radius 1 is 1.20 bits per heavy atom. The van der Waals surface area contributed by atoms with Crippen LogP contribution in [0.3, 0.4) is 0 Å². The molecule has 2 aromatic rings. The second-order valence-corrected chi connectivity index (χ2v) is 11.3. The lowest BCUT2D eigenvalue weighted by molar-refractivity contribution is -0.162. The second kappa shape index (κ2) is 10.6. The van der Waals surface area contributed by atoms with Crippen LogP contribution in [-0.4, -0.2) is 73.1 Å². The van der Waals surface area contributed by atoms with Crippen molar-refractivity contribution < 1.29 is 53.9 Å². The van der Waals surface area contributed by atoms with Crippen LogP contribution in [0.15, 0.2) is 29.3 Å². The molecule has 224 valence electrons. The highest BCUT2D eigenvalue weighted by Gasteiger charge is 2.49. The van der Waals surface area contributed by atoms with E-state index in [1.807, 2.05) is 0 Å². The van der Waals surface area contributed by atoms with Crippen LogP contribution in [0.2, 0.25) is 0 Å². The number of hydrogen-bond acceptors (Lipinski definition) is 6. The van der Waals surface area contributed by atoms with Crippen LogP contribution in [0.25, 0.3) is 0 Å². The van der Waals surface area contributed by atoms with E-state index < -0.39 is 87.1 Å². The van der Waals surface area contributed by atoms with Crippen molar-refractivity contribution in [3.63, 3.8) is 0 Å². The van der Waals surface area contributed by atoms with Crippen molar-refractivity contribution in [2.45, 2.75) is 42.4 Å². The number of aromatic nitrogens is 1. The van der Waals surface area contributed by atoms with Crippen LogP contribution in [0.5, 0.6) is 5.75 Å². The van der Waals surface area contributed by atoms with E-state index in [-0.39, 0.29) is 24.3 Å². The number of halogens is 6. The standard InChI is InChI=1S/C23H23F6N5O6S/c1-11(23(27,28)29)30-20(36)21(37)34-6-5-22(9-34)10-40-17-15(41(38,39)32-22)8-33(2)16(17)19(35)31-12-3-4-14(24)13(7-12)18(25)26/h3-4,7-8,11,18,32H,5-6,9-10H2,1-2H3,(H,30,36)(H,31,35)/t11-,22?/m1/s1. The lowest BCUT2D eigenvalue weighted by Gasteiger charge is -2.27. The number of rotatable bonds is 4. The number of amides is 3. The summed E-state index contributed by atoms with van der Waals surface area (Å²) in [5.74, 6) is -5.38. The Bertz CT molecular complexity index is 1510. The molecule has 4 rings (SSSR count). The highest BCUT2D eigenvalue weighted by atomic mass is 32.2. The van der Waals surface area contributed by atoms with Gasteiger partial charge in [0.25, 0.3) is 12.3 Å². The molecule has 3 N–H and O–H groups in total. The molecule has 1 unspecified atom stereocenters. The van der Waals surface area contributed by atoms with Crippen LogP contribution in [0.1, 0.15) is 35.8 Å². The maximum absolute atomic E-state index is 13.6. The molecular formula is C23H23F6N5O6S. The maximum atomic E-state index is 13.6. The van der Waals surface area contributed by atoms with E-state index in [1.165, 1.54) is 7.05 Å². The quantitative estimate of drug-likeness (QED) is 0.358. The number of benzene rings is 1. The van der Waals surface area contributed by atoms with Crippen molar-refractivity contribution in [2.24, 2.45) is 7.05 Å². The van der Waals surface area contributed by atoms with Gasteiger partial charge < -0.3 is 24.8 Å². The average molecular weight is 612 g/mol. The lowest BCUT2D eigenvalue weighted by atomic mass is 10.0. The molecule has 1 aromatic carbocycles. The maximum Gasteiger partial charge on any atom is 0.408 e. The van der Waals surface area contributed by atoms with E-state index in [0.29, 0.717) is 6.92 Å². The third kappa shape index (κ3) is 5.97. The number of anilines is 1. The predicted molar refractivity (Wildman–Crippen MR) is 128 cm³/mol. The van der Waals surface area contributed by atoms with Crippen LogP contribution in [-0.2, 0) is 26.7 Å². The van der Waals surface area contributed by atoms with Gasteiger partial charge in [0.1, 0.15) is 23.4 Å². The van der Waals surface area contributed by atoms with Gasteiger partial charge in [0.2, 0.25) is 10.0 Å². The SMILES string of the molecule is C[C@@H](NC(=O)C(=O)N1CCC2(COc3c(cn(C)c3C(=O)Nc3ccc(F)c(C(F)F)c3)S(=O)(=O)N2)C1)C(F)(F)F. The van der Waals surface area contributed by atoms with Gasteiger partial charge in [0, 0.05) is 32.0 Å². The number of alkyl halides is 5. The molecule has 0 aliphatic carbocycles. The molecule has 0 radical (unpaired) electrons. The molecular weight excluding hydrogens is 588 g/mol. The number of aryl methyl sites for hydroxylation is 1. The summed E-state index contributed by atoms with van der Waals surface area (Å²) in [6, 6.07) is 0.189. The van der Waals surface area contributed by atoms with Gasteiger partial charge in [-0.05, 0) is 31.5 Å². The van der Waals surface area contributed by atoms with Crippen LogP contribution in [0, 0.1) is 5.82 Å². The van der Waals surface area contributed by atoms with Crippen molar-refractivity contribution >= 4 is 33.4 Å². The molecule has 2 aliphatic rings. The number of likely N-dealkylation sites (tertiary alicyclic amines) is 1. The van der Waals surface area contributed by atoms with Crippen molar-refractivity contribution in [3.8, 4) is 5.75 Å². The molecule has 41 heavy (non-hydrogen) atoms. The number of carbonyl (C=O) groups excluding carboxylic acids is 3. The highest BCUT2D eigenvalue weighted by Crippen LogP contribution is 2.37. The number of ether oxygens (including phenoxy) is 1. The first-order chi connectivity index (χ1) is 18.9. The first-order valence-corrected chi connectivity index (χ1v) is 13.3. The topological polar surface area (TPSA) is 139 Å². The summed E-state index contributed by atoms with van der Waals surface area (Å²) in [5.41, 5.74) is -2.97. The van der Waals surface area contributed by atoms with Crippen LogP contribution >= 0.6 is 0 Å². The van der Waals surface area contributed by atoms with E-state index in [2.05, 4.69) is 10.0 Å². The van der Waals surface area contributed by atoms with Crippen molar-refractivity contribution in [1.29, 1.82) is 0 Å². The van der Waals surface area contributed by atoms with Crippen LogP contribution < -0.4 is 20.1 Å². The minimum Gasteiger partial charge on any atom is -0.488 e. The number of nitrogens with zero attached hydrogens (tertiary/aromatic N) is 2. The van der Waals surface area contributed by atoms with Crippen LogP contribution in [0.4, 0.5) is 32.0 Å². The smallest absolute Gasteiger partial charge is 0.408 e. The van der Waals surface area contributed by atoms with Gasteiger partial charge in [0.05, 0.1) is 11.1 Å². The van der Waals surface area contributed by atoms with Gasteiger partial charge in [-0.3, -0.25) is 14.4 Å². The highest BCUT2D eigenvalue weighted by molar-refractivity contribution is 7.89.